The van der Waals surface area contributed by atoms with Gasteiger partial charge in [0.1, 0.15) is 0 Å². The third-order valence-electron chi connectivity index (χ3n) is 3.21. The first kappa shape index (κ1) is 14.8. The SMILES string of the molecule is CCC(CS)OCC1CCN(C(=O)C(C)N)C1. The molecule has 0 bridgehead atoms. The van der Waals surface area contributed by atoms with Crippen molar-refractivity contribution in [1.82, 2.24) is 4.90 Å². The van der Waals surface area contributed by atoms with Crippen molar-refractivity contribution in [2.45, 2.75) is 38.8 Å². The highest BCUT2D eigenvalue weighted by Gasteiger charge is 2.28. The predicted molar refractivity (Wildman–Crippen MR) is 72.2 cm³/mol. The van der Waals surface area contributed by atoms with Crippen molar-refractivity contribution in [1.29, 1.82) is 0 Å². The van der Waals surface area contributed by atoms with E-state index in [-0.39, 0.29) is 12.0 Å². The van der Waals surface area contributed by atoms with E-state index in [4.69, 9.17) is 10.5 Å². The molecular formula is C12H24N2O2S. The zero-order valence-electron chi connectivity index (χ0n) is 10.8. The minimum absolute atomic E-state index is 0.0498. The van der Waals surface area contributed by atoms with Crippen LogP contribution >= 0.6 is 12.6 Å². The van der Waals surface area contributed by atoms with Gasteiger partial charge in [0.25, 0.3) is 0 Å². The Morgan fingerprint density at radius 2 is 2.35 bits per heavy atom. The van der Waals surface area contributed by atoms with Gasteiger partial charge in [-0.05, 0) is 19.8 Å². The van der Waals surface area contributed by atoms with Gasteiger partial charge in [0.15, 0.2) is 0 Å². The molecule has 1 aliphatic rings. The average molecular weight is 260 g/mol. The predicted octanol–water partition coefficient (Wildman–Crippen LogP) is 0.907. The minimum Gasteiger partial charge on any atom is -0.377 e. The summed E-state index contributed by atoms with van der Waals surface area (Å²) in [6.07, 6.45) is 2.23. The minimum atomic E-state index is -0.393. The van der Waals surface area contributed by atoms with E-state index in [1.807, 2.05) is 4.90 Å². The summed E-state index contributed by atoms with van der Waals surface area (Å²) in [5.74, 6) is 1.26. The molecule has 1 rings (SSSR count). The normalized spacial score (nSPS) is 23.8. The maximum absolute atomic E-state index is 11.7. The molecule has 3 atom stereocenters. The summed E-state index contributed by atoms with van der Waals surface area (Å²) in [6.45, 7) is 6.15. The van der Waals surface area contributed by atoms with Gasteiger partial charge in [-0.2, -0.15) is 12.6 Å². The molecule has 0 radical (unpaired) electrons. The standard InChI is InChI=1S/C12H24N2O2S/c1-3-11(8-17)16-7-10-4-5-14(6-10)12(15)9(2)13/h9-11,17H,3-8,13H2,1-2H3. The Labute approximate surface area is 109 Å². The fraction of sp³-hybridized carbons (Fsp3) is 0.917. The smallest absolute Gasteiger partial charge is 0.239 e. The van der Waals surface area contributed by atoms with Gasteiger partial charge < -0.3 is 15.4 Å². The highest BCUT2D eigenvalue weighted by molar-refractivity contribution is 7.80. The zero-order chi connectivity index (χ0) is 12.8. The molecular weight excluding hydrogens is 236 g/mol. The molecule has 0 aliphatic carbocycles. The number of carbonyl (C=O) groups is 1. The second-order valence-electron chi connectivity index (χ2n) is 4.77. The van der Waals surface area contributed by atoms with Gasteiger partial charge in [0.05, 0.1) is 18.8 Å². The number of hydrogen-bond donors (Lipinski definition) is 2. The summed E-state index contributed by atoms with van der Waals surface area (Å²) in [7, 11) is 0. The Kier molecular flexibility index (Phi) is 6.30. The molecule has 1 fully saturated rings. The number of nitrogens with zero attached hydrogens (tertiary/aromatic N) is 1. The summed E-state index contributed by atoms with van der Waals surface area (Å²) in [6, 6.07) is -0.393. The van der Waals surface area contributed by atoms with E-state index in [2.05, 4.69) is 19.6 Å². The fourth-order valence-corrected chi connectivity index (χ4v) is 2.39. The molecule has 0 saturated carbocycles. The Morgan fingerprint density at radius 1 is 1.65 bits per heavy atom. The van der Waals surface area contributed by atoms with E-state index >= 15 is 0 Å². The molecule has 3 unspecified atom stereocenters. The molecule has 1 saturated heterocycles. The Bertz CT molecular complexity index is 245. The zero-order valence-corrected chi connectivity index (χ0v) is 11.7. The van der Waals surface area contributed by atoms with Crippen LogP contribution in [0.4, 0.5) is 0 Å². The van der Waals surface area contributed by atoms with Gasteiger partial charge in [-0.25, -0.2) is 0 Å². The van der Waals surface area contributed by atoms with Crippen molar-refractivity contribution in [3.05, 3.63) is 0 Å². The monoisotopic (exact) mass is 260 g/mol. The van der Waals surface area contributed by atoms with Gasteiger partial charge in [0, 0.05) is 24.8 Å². The Morgan fingerprint density at radius 3 is 2.88 bits per heavy atom. The van der Waals surface area contributed by atoms with E-state index < -0.39 is 6.04 Å². The summed E-state index contributed by atoms with van der Waals surface area (Å²) in [4.78, 5) is 13.5. The van der Waals surface area contributed by atoms with Gasteiger partial charge >= 0.3 is 0 Å². The van der Waals surface area contributed by atoms with Crippen LogP contribution in [0.1, 0.15) is 26.7 Å². The lowest BCUT2D eigenvalue weighted by molar-refractivity contribution is -0.131. The van der Waals surface area contributed by atoms with Crippen LogP contribution in [0.25, 0.3) is 0 Å². The van der Waals surface area contributed by atoms with Crippen LogP contribution in [0.3, 0.4) is 0 Å². The molecule has 0 aromatic carbocycles. The molecule has 4 nitrogen and oxygen atoms in total. The van der Waals surface area contributed by atoms with Gasteiger partial charge in [-0.3, -0.25) is 4.79 Å². The number of ether oxygens (including phenoxy) is 1. The second kappa shape index (κ2) is 7.24. The first-order valence-corrected chi connectivity index (χ1v) is 6.98. The van der Waals surface area contributed by atoms with Crippen LogP contribution in [-0.4, -0.2) is 48.4 Å². The quantitative estimate of drug-likeness (QED) is 0.698. The van der Waals surface area contributed by atoms with Crippen molar-refractivity contribution in [3.8, 4) is 0 Å². The molecule has 5 heteroatoms. The van der Waals surface area contributed by atoms with Gasteiger partial charge in [-0.15, -0.1) is 0 Å². The molecule has 1 amide bonds. The van der Waals surface area contributed by atoms with Crippen molar-refractivity contribution in [2.75, 3.05) is 25.4 Å². The lowest BCUT2D eigenvalue weighted by atomic mass is 10.1. The number of hydrogen-bond acceptors (Lipinski definition) is 4. The highest BCUT2D eigenvalue weighted by atomic mass is 32.1. The van der Waals surface area contributed by atoms with Crippen molar-refractivity contribution < 1.29 is 9.53 Å². The Balaban J connectivity index is 2.28. The third kappa shape index (κ3) is 4.48. The van der Waals surface area contributed by atoms with Crippen LogP contribution in [0, 0.1) is 5.92 Å². The number of nitrogens with two attached hydrogens (primary N) is 1. The van der Waals surface area contributed by atoms with E-state index in [0.29, 0.717) is 5.92 Å². The maximum atomic E-state index is 11.7. The Hall–Kier alpha value is -0.260. The summed E-state index contributed by atoms with van der Waals surface area (Å²) >= 11 is 4.24. The van der Waals surface area contributed by atoms with Crippen LogP contribution < -0.4 is 5.73 Å². The van der Waals surface area contributed by atoms with Gasteiger partial charge in [0.2, 0.25) is 5.91 Å². The topological polar surface area (TPSA) is 55.6 Å². The summed E-state index contributed by atoms with van der Waals surface area (Å²) < 4.78 is 5.77. The molecule has 100 valence electrons. The van der Waals surface area contributed by atoms with E-state index in [1.165, 1.54) is 0 Å². The van der Waals surface area contributed by atoms with Crippen LogP contribution in [-0.2, 0) is 9.53 Å². The number of likely N-dealkylation sites (tertiary alicyclic amines) is 1. The van der Waals surface area contributed by atoms with Crippen LogP contribution in [0.2, 0.25) is 0 Å². The molecule has 17 heavy (non-hydrogen) atoms. The number of thiol groups is 1. The van der Waals surface area contributed by atoms with Crippen molar-refractivity contribution in [2.24, 2.45) is 11.7 Å². The molecule has 0 aromatic heterocycles. The lowest BCUT2D eigenvalue weighted by Crippen LogP contribution is -2.41. The first-order chi connectivity index (χ1) is 8.08. The van der Waals surface area contributed by atoms with E-state index in [9.17, 15) is 4.79 Å². The number of amides is 1. The van der Waals surface area contributed by atoms with Crippen LogP contribution in [0.15, 0.2) is 0 Å². The van der Waals surface area contributed by atoms with E-state index in [0.717, 1.165) is 38.3 Å². The molecule has 0 aromatic rings. The average Bonchev–Trinajstić information content (AvgIpc) is 2.78. The largest absolute Gasteiger partial charge is 0.377 e. The maximum Gasteiger partial charge on any atom is 0.239 e. The molecule has 2 N–H and O–H groups in total. The van der Waals surface area contributed by atoms with E-state index in [1.54, 1.807) is 6.92 Å². The van der Waals surface area contributed by atoms with Crippen molar-refractivity contribution in [3.63, 3.8) is 0 Å². The number of rotatable bonds is 6. The lowest BCUT2D eigenvalue weighted by Gasteiger charge is -2.20. The second-order valence-corrected chi connectivity index (χ2v) is 5.14. The van der Waals surface area contributed by atoms with Crippen LogP contribution in [0.5, 0.6) is 0 Å². The third-order valence-corrected chi connectivity index (χ3v) is 3.62. The first-order valence-electron chi connectivity index (χ1n) is 6.35. The molecule has 1 heterocycles. The van der Waals surface area contributed by atoms with Crippen molar-refractivity contribution >= 4 is 18.5 Å². The fourth-order valence-electron chi connectivity index (χ4n) is 2.03. The molecule has 0 spiro atoms. The van der Waals surface area contributed by atoms with Gasteiger partial charge in [-0.1, -0.05) is 6.92 Å². The summed E-state index contributed by atoms with van der Waals surface area (Å²) in [5.41, 5.74) is 5.59. The molecule has 1 aliphatic heterocycles. The summed E-state index contributed by atoms with van der Waals surface area (Å²) in [5, 5.41) is 0. The highest BCUT2D eigenvalue weighted by Crippen LogP contribution is 2.18. The number of carbonyl (C=O) groups excluding carboxylic acids is 1.